The fourth-order valence-electron chi connectivity index (χ4n) is 1.55. The molecule has 1 aromatic rings. The number of carbonyl (C=O) groups excluding carboxylic acids is 1. The maximum atomic E-state index is 11.3. The van der Waals surface area contributed by atoms with Gasteiger partial charge >= 0.3 is 0 Å². The maximum Gasteiger partial charge on any atom is 0.223 e. The van der Waals surface area contributed by atoms with Crippen molar-refractivity contribution in [3.05, 3.63) is 17.5 Å². The first-order valence-corrected chi connectivity index (χ1v) is 5.97. The van der Waals surface area contributed by atoms with Crippen molar-refractivity contribution in [3.63, 3.8) is 0 Å². The second kappa shape index (κ2) is 6.39. The van der Waals surface area contributed by atoms with Crippen molar-refractivity contribution in [2.24, 2.45) is 7.05 Å². The second-order valence-electron chi connectivity index (χ2n) is 4.32. The summed E-state index contributed by atoms with van der Waals surface area (Å²) in [5, 5.41) is 7.63. The van der Waals surface area contributed by atoms with Gasteiger partial charge in [0.1, 0.15) is 0 Å². The largest absolute Gasteiger partial charge is 0.349 e. The summed E-state index contributed by atoms with van der Waals surface area (Å²) in [4.78, 5) is 13.0. The molecular formula is C12H22N4O. The Morgan fingerprint density at radius 3 is 2.76 bits per heavy atom. The monoisotopic (exact) mass is 238 g/mol. The number of hydrogen-bond donors (Lipinski definition) is 1. The highest BCUT2D eigenvalue weighted by Gasteiger charge is 2.05. The van der Waals surface area contributed by atoms with E-state index in [2.05, 4.69) is 23.4 Å². The summed E-state index contributed by atoms with van der Waals surface area (Å²) in [7, 11) is 5.50. The first-order chi connectivity index (χ1) is 8.04. The van der Waals surface area contributed by atoms with E-state index >= 15 is 0 Å². The third kappa shape index (κ3) is 4.19. The van der Waals surface area contributed by atoms with Crippen molar-refractivity contribution in [2.45, 2.75) is 26.3 Å². The molecule has 0 saturated carbocycles. The molecule has 5 heteroatoms. The van der Waals surface area contributed by atoms with E-state index in [1.807, 2.05) is 11.7 Å². The van der Waals surface area contributed by atoms with E-state index in [1.165, 1.54) is 0 Å². The van der Waals surface area contributed by atoms with E-state index < -0.39 is 0 Å². The SMILES string of the molecule is CCc1cc(CNCCC(=O)N(C)C)n(C)n1. The quantitative estimate of drug-likeness (QED) is 0.736. The number of aryl methyl sites for hydroxylation is 2. The van der Waals surface area contributed by atoms with Gasteiger partial charge in [0, 0.05) is 40.7 Å². The van der Waals surface area contributed by atoms with Gasteiger partial charge in [-0.1, -0.05) is 6.92 Å². The lowest BCUT2D eigenvalue weighted by Gasteiger charge is -2.10. The first-order valence-electron chi connectivity index (χ1n) is 5.97. The van der Waals surface area contributed by atoms with Crippen LogP contribution in [0.1, 0.15) is 24.7 Å². The van der Waals surface area contributed by atoms with Gasteiger partial charge in [-0.05, 0) is 12.5 Å². The summed E-state index contributed by atoms with van der Waals surface area (Å²) >= 11 is 0. The molecule has 0 fully saturated rings. The van der Waals surface area contributed by atoms with Crippen molar-refractivity contribution in [1.29, 1.82) is 0 Å². The van der Waals surface area contributed by atoms with Gasteiger partial charge < -0.3 is 10.2 Å². The summed E-state index contributed by atoms with van der Waals surface area (Å²) in [6.07, 6.45) is 1.48. The molecule has 0 aliphatic rings. The predicted octanol–water partition coefficient (Wildman–Crippen LogP) is 0.550. The zero-order valence-electron chi connectivity index (χ0n) is 11.2. The molecule has 0 aliphatic heterocycles. The number of amides is 1. The third-order valence-corrected chi connectivity index (χ3v) is 2.71. The normalized spacial score (nSPS) is 10.6. The maximum absolute atomic E-state index is 11.3. The Morgan fingerprint density at radius 1 is 1.53 bits per heavy atom. The van der Waals surface area contributed by atoms with E-state index in [9.17, 15) is 4.79 Å². The highest BCUT2D eigenvalue weighted by Crippen LogP contribution is 2.03. The standard InChI is InChI=1S/C12H22N4O/c1-5-10-8-11(16(4)14-10)9-13-7-6-12(17)15(2)3/h8,13H,5-7,9H2,1-4H3. The molecule has 0 aliphatic carbocycles. The van der Waals surface area contributed by atoms with Crippen molar-refractivity contribution in [1.82, 2.24) is 20.0 Å². The predicted molar refractivity (Wildman–Crippen MR) is 67.6 cm³/mol. The van der Waals surface area contributed by atoms with Gasteiger partial charge in [0.15, 0.2) is 0 Å². The second-order valence-corrected chi connectivity index (χ2v) is 4.32. The number of nitrogens with zero attached hydrogens (tertiary/aromatic N) is 3. The summed E-state index contributed by atoms with van der Waals surface area (Å²) in [6, 6.07) is 2.10. The van der Waals surface area contributed by atoms with Crippen molar-refractivity contribution < 1.29 is 4.79 Å². The highest BCUT2D eigenvalue weighted by atomic mass is 16.2. The van der Waals surface area contributed by atoms with E-state index in [0.717, 1.165) is 24.4 Å². The van der Waals surface area contributed by atoms with Crippen molar-refractivity contribution in [3.8, 4) is 0 Å². The fraction of sp³-hybridized carbons (Fsp3) is 0.667. The molecule has 0 aromatic carbocycles. The van der Waals surface area contributed by atoms with Gasteiger partial charge in [-0.3, -0.25) is 9.48 Å². The number of carbonyl (C=O) groups is 1. The van der Waals surface area contributed by atoms with E-state index in [1.54, 1.807) is 19.0 Å². The lowest BCUT2D eigenvalue weighted by atomic mass is 10.3. The molecule has 0 saturated heterocycles. The van der Waals surface area contributed by atoms with Gasteiger partial charge in [0.2, 0.25) is 5.91 Å². The molecule has 0 radical (unpaired) electrons. The van der Waals surface area contributed by atoms with Gasteiger partial charge in [0.05, 0.1) is 11.4 Å². The molecule has 1 rings (SSSR count). The average Bonchev–Trinajstić information content (AvgIpc) is 2.65. The van der Waals surface area contributed by atoms with Crippen LogP contribution in [0.5, 0.6) is 0 Å². The molecule has 1 heterocycles. The molecule has 1 amide bonds. The summed E-state index contributed by atoms with van der Waals surface area (Å²) in [6.45, 7) is 3.54. The van der Waals surface area contributed by atoms with Crippen LogP contribution in [0.2, 0.25) is 0 Å². The lowest BCUT2D eigenvalue weighted by molar-refractivity contribution is -0.128. The number of nitrogens with one attached hydrogen (secondary N) is 1. The molecule has 1 aromatic heterocycles. The van der Waals surface area contributed by atoms with Crippen LogP contribution in [0.15, 0.2) is 6.07 Å². The Labute approximate surface area is 103 Å². The molecule has 17 heavy (non-hydrogen) atoms. The van der Waals surface area contributed by atoms with Crippen LogP contribution >= 0.6 is 0 Å². The number of rotatable bonds is 6. The first kappa shape index (κ1) is 13.7. The van der Waals surface area contributed by atoms with Gasteiger partial charge in [-0.25, -0.2) is 0 Å². The minimum atomic E-state index is 0.150. The minimum absolute atomic E-state index is 0.150. The number of aromatic nitrogens is 2. The van der Waals surface area contributed by atoms with Crippen molar-refractivity contribution >= 4 is 5.91 Å². The number of hydrogen-bond acceptors (Lipinski definition) is 3. The van der Waals surface area contributed by atoms with Crippen LogP contribution < -0.4 is 5.32 Å². The Morgan fingerprint density at radius 2 is 2.24 bits per heavy atom. The Hall–Kier alpha value is -1.36. The van der Waals surface area contributed by atoms with Gasteiger partial charge in [0.25, 0.3) is 0 Å². The summed E-state index contributed by atoms with van der Waals surface area (Å²) in [5.41, 5.74) is 2.26. The van der Waals surface area contributed by atoms with E-state index in [-0.39, 0.29) is 5.91 Å². The lowest BCUT2D eigenvalue weighted by Crippen LogP contribution is -2.26. The molecular weight excluding hydrogens is 216 g/mol. The summed E-state index contributed by atoms with van der Waals surface area (Å²) < 4.78 is 1.89. The van der Waals surface area contributed by atoms with Crippen molar-refractivity contribution in [2.75, 3.05) is 20.6 Å². The van der Waals surface area contributed by atoms with Crippen LogP contribution in [0.25, 0.3) is 0 Å². The molecule has 96 valence electrons. The zero-order valence-corrected chi connectivity index (χ0v) is 11.2. The molecule has 1 N–H and O–H groups in total. The van der Waals surface area contributed by atoms with Crippen LogP contribution in [0.3, 0.4) is 0 Å². The minimum Gasteiger partial charge on any atom is -0.349 e. The Bertz CT molecular complexity index is 371. The van der Waals surface area contributed by atoms with E-state index in [4.69, 9.17) is 0 Å². The average molecular weight is 238 g/mol. The summed E-state index contributed by atoms with van der Waals surface area (Å²) in [5.74, 6) is 0.150. The molecule has 0 spiro atoms. The van der Waals surface area contributed by atoms with Gasteiger partial charge in [-0.2, -0.15) is 5.10 Å². The van der Waals surface area contributed by atoms with Crippen LogP contribution in [-0.4, -0.2) is 41.2 Å². The van der Waals surface area contributed by atoms with Crippen LogP contribution in [0, 0.1) is 0 Å². The topological polar surface area (TPSA) is 50.2 Å². The highest BCUT2D eigenvalue weighted by molar-refractivity contribution is 5.75. The Kier molecular flexibility index (Phi) is 5.15. The van der Waals surface area contributed by atoms with Crippen LogP contribution in [0.4, 0.5) is 0 Å². The molecule has 0 bridgehead atoms. The smallest absolute Gasteiger partial charge is 0.223 e. The fourth-order valence-corrected chi connectivity index (χ4v) is 1.55. The molecule has 5 nitrogen and oxygen atoms in total. The Balaban J connectivity index is 2.31. The molecule has 0 atom stereocenters. The van der Waals surface area contributed by atoms with Gasteiger partial charge in [-0.15, -0.1) is 0 Å². The zero-order chi connectivity index (χ0) is 12.8. The van der Waals surface area contributed by atoms with E-state index in [0.29, 0.717) is 13.0 Å². The third-order valence-electron chi connectivity index (χ3n) is 2.71. The molecule has 0 unspecified atom stereocenters. The van der Waals surface area contributed by atoms with Crippen LogP contribution in [-0.2, 0) is 24.8 Å².